The zero-order valence-electron chi connectivity index (χ0n) is 9.00. The van der Waals surface area contributed by atoms with Crippen LogP contribution in [0.25, 0.3) is 0 Å². The van der Waals surface area contributed by atoms with E-state index in [2.05, 4.69) is 4.99 Å². The lowest BCUT2D eigenvalue weighted by Crippen LogP contribution is -2.48. The van der Waals surface area contributed by atoms with Crippen LogP contribution in [0.4, 0.5) is 0 Å². The molecule has 0 saturated heterocycles. The van der Waals surface area contributed by atoms with Crippen LogP contribution in [0.3, 0.4) is 0 Å². The number of isocyanates is 1. The molecule has 82 valence electrons. The normalized spacial score (nSPS) is 26.3. The number of rotatable bonds is 2. The quantitative estimate of drug-likeness (QED) is 0.396. The topological polar surface area (TPSA) is 46.5 Å². The van der Waals surface area contributed by atoms with Gasteiger partial charge in [-0.05, 0) is 18.8 Å². The summed E-state index contributed by atoms with van der Waals surface area (Å²) >= 11 is 0. The summed E-state index contributed by atoms with van der Waals surface area (Å²) in [6, 6.07) is 0. The van der Waals surface area contributed by atoms with E-state index in [4.69, 9.17) is 0 Å². The van der Waals surface area contributed by atoms with Crippen LogP contribution in [-0.4, -0.2) is 17.4 Å². The van der Waals surface area contributed by atoms with Crippen molar-refractivity contribution < 1.29 is 9.59 Å². The number of carbonyl (C=O) groups excluding carboxylic acids is 2. The Balaban J connectivity index is 2.10. The third-order valence-corrected chi connectivity index (χ3v) is 3.89. The molecule has 2 aliphatic rings. The van der Waals surface area contributed by atoms with E-state index in [1.807, 2.05) is 0 Å². The molecule has 3 nitrogen and oxygen atoms in total. The van der Waals surface area contributed by atoms with Gasteiger partial charge in [-0.15, -0.1) is 0 Å². The molecule has 2 aliphatic carbocycles. The Morgan fingerprint density at radius 3 is 2.20 bits per heavy atom. The summed E-state index contributed by atoms with van der Waals surface area (Å²) in [6.07, 6.45) is 9.88. The van der Waals surface area contributed by atoms with Crippen LogP contribution in [0.1, 0.15) is 51.4 Å². The standard InChI is InChI=1S/C12H17NO2/c14-9-13-12(7-11(15)8-12)10-5-3-1-2-4-6-10/h10H,1-8H2. The number of ketones is 1. The largest absolute Gasteiger partial charge is 0.300 e. The van der Waals surface area contributed by atoms with E-state index >= 15 is 0 Å². The predicted molar refractivity (Wildman–Crippen MR) is 56.3 cm³/mol. The molecular weight excluding hydrogens is 190 g/mol. The van der Waals surface area contributed by atoms with Gasteiger partial charge in [-0.1, -0.05) is 25.7 Å². The highest BCUT2D eigenvalue weighted by molar-refractivity contribution is 5.88. The second kappa shape index (κ2) is 4.28. The molecule has 0 atom stereocenters. The lowest BCUT2D eigenvalue weighted by atomic mass is 9.65. The van der Waals surface area contributed by atoms with Crippen molar-refractivity contribution >= 4 is 11.9 Å². The first kappa shape index (κ1) is 10.6. The second-order valence-electron chi connectivity index (χ2n) is 4.89. The number of hydrogen-bond donors (Lipinski definition) is 0. The highest BCUT2D eigenvalue weighted by Crippen LogP contribution is 2.45. The van der Waals surface area contributed by atoms with Gasteiger partial charge in [0.15, 0.2) is 0 Å². The van der Waals surface area contributed by atoms with Gasteiger partial charge in [0.25, 0.3) is 0 Å². The van der Waals surface area contributed by atoms with Gasteiger partial charge in [0.1, 0.15) is 5.78 Å². The lowest BCUT2D eigenvalue weighted by Gasteiger charge is -2.41. The zero-order valence-corrected chi connectivity index (χ0v) is 9.00. The first-order valence-electron chi connectivity index (χ1n) is 5.87. The van der Waals surface area contributed by atoms with Crippen LogP contribution in [0.15, 0.2) is 4.99 Å². The van der Waals surface area contributed by atoms with E-state index in [9.17, 15) is 9.59 Å². The van der Waals surface area contributed by atoms with Crippen molar-refractivity contribution in [2.45, 2.75) is 56.9 Å². The summed E-state index contributed by atoms with van der Waals surface area (Å²) in [6.45, 7) is 0. The molecule has 15 heavy (non-hydrogen) atoms. The van der Waals surface area contributed by atoms with E-state index in [1.54, 1.807) is 6.08 Å². The fourth-order valence-corrected chi connectivity index (χ4v) is 3.00. The van der Waals surface area contributed by atoms with E-state index in [1.165, 1.54) is 25.7 Å². The summed E-state index contributed by atoms with van der Waals surface area (Å²) in [5, 5.41) is 0. The van der Waals surface area contributed by atoms with Crippen molar-refractivity contribution in [3.63, 3.8) is 0 Å². The Labute approximate surface area is 90.0 Å². The Morgan fingerprint density at radius 1 is 1.13 bits per heavy atom. The maximum Gasteiger partial charge on any atom is 0.235 e. The summed E-state index contributed by atoms with van der Waals surface area (Å²) in [5.74, 6) is 0.692. The zero-order chi connectivity index (χ0) is 10.7. The first-order chi connectivity index (χ1) is 7.27. The molecule has 0 aromatic heterocycles. The molecule has 2 rings (SSSR count). The van der Waals surface area contributed by atoms with Crippen molar-refractivity contribution in [3.05, 3.63) is 0 Å². The van der Waals surface area contributed by atoms with Crippen molar-refractivity contribution in [2.24, 2.45) is 10.9 Å². The molecule has 0 bridgehead atoms. The summed E-state index contributed by atoms with van der Waals surface area (Å²) < 4.78 is 0. The molecule has 2 fully saturated rings. The van der Waals surface area contributed by atoms with E-state index in [-0.39, 0.29) is 11.3 Å². The van der Waals surface area contributed by atoms with Crippen LogP contribution in [-0.2, 0) is 9.59 Å². The maximum atomic E-state index is 11.1. The smallest absolute Gasteiger partial charge is 0.235 e. The van der Waals surface area contributed by atoms with Gasteiger partial charge in [0, 0.05) is 12.8 Å². The molecule has 3 heteroatoms. The Morgan fingerprint density at radius 2 is 1.73 bits per heavy atom. The SMILES string of the molecule is O=C=NC1(C2CCCCCC2)CC(=O)C1. The molecule has 0 heterocycles. The van der Waals surface area contributed by atoms with Crippen LogP contribution < -0.4 is 0 Å². The van der Waals surface area contributed by atoms with Crippen LogP contribution >= 0.6 is 0 Å². The first-order valence-corrected chi connectivity index (χ1v) is 5.87. The Hall–Kier alpha value is -0.950. The highest BCUT2D eigenvalue weighted by Gasteiger charge is 2.49. The minimum Gasteiger partial charge on any atom is -0.300 e. The monoisotopic (exact) mass is 207 g/mol. The summed E-state index contributed by atoms with van der Waals surface area (Å²) in [5.41, 5.74) is -0.344. The van der Waals surface area contributed by atoms with Gasteiger partial charge in [-0.25, -0.2) is 4.79 Å². The van der Waals surface area contributed by atoms with Crippen LogP contribution in [0.5, 0.6) is 0 Å². The van der Waals surface area contributed by atoms with E-state index < -0.39 is 0 Å². The number of aliphatic imine (C=N–C) groups is 1. The lowest BCUT2D eigenvalue weighted by molar-refractivity contribution is -0.130. The number of Topliss-reactive ketones (excluding diaryl/α,β-unsaturated/α-hetero) is 1. The van der Waals surface area contributed by atoms with Gasteiger partial charge < -0.3 is 0 Å². The molecule has 0 radical (unpaired) electrons. The minimum atomic E-state index is -0.344. The molecule has 0 aliphatic heterocycles. The molecular formula is C12H17NO2. The number of carbonyl (C=O) groups is 1. The minimum absolute atomic E-state index is 0.248. The van der Waals surface area contributed by atoms with Gasteiger partial charge in [0.05, 0.1) is 5.54 Å². The summed E-state index contributed by atoms with van der Waals surface area (Å²) in [7, 11) is 0. The Kier molecular flexibility index (Phi) is 3.01. The Bertz CT molecular complexity index is 289. The number of hydrogen-bond acceptors (Lipinski definition) is 3. The molecule has 0 unspecified atom stereocenters. The predicted octanol–water partition coefficient (Wildman–Crippen LogP) is 2.39. The third-order valence-electron chi connectivity index (χ3n) is 3.89. The fourth-order valence-electron chi connectivity index (χ4n) is 3.00. The average molecular weight is 207 g/mol. The van der Waals surface area contributed by atoms with Crippen molar-refractivity contribution in [3.8, 4) is 0 Å². The van der Waals surface area contributed by atoms with Gasteiger partial charge in [-0.3, -0.25) is 4.79 Å². The molecule has 0 amide bonds. The molecule has 0 aromatic carbocycles. The van der Waals surface area contributed by atoms with E-state index in [0.29, 0.717) is 18.8 Å². The van der Waals surface area contributed by atoms with Gasteiger partial charge >= 0.3 is 0 Å². The third kappa shape index (κ3) is 2.03. The van der Waals surface area contributed by atoms with Crippen LogP contribution in [0.2, 0.25) is 0 Å². The second-order valence-corrected chi connectivity index (χ2v) is 4.89. The average Bonchev–Trinajstić information content (AvgIpc) is 2.43. The molecule has 0 spiro atoms. The van der Waals surface area contributed by atoms with Crippen molar-refractivity contribution in [1.29, 1.82) is 0 Å². The molecule has 0 aromatic rings. The van der Waals surface area contributed by atoms with Gasteiger partial charge in [-0.2, -0.15) is 4.99 Å². The maximum absolute atomic E-state index is 11.1. The fraction of sp³-hybridized carbons (Fsp3) is 0.833. The highest BCUT2D eigenvalue weighted by atomic mass is 16.1. The van der Waals surface area contributed by atoms with Crippen molar-refractivity contribution in [1.82, 2.24) is 0 Å². The van der Waals surface area contributed by atoms with E-state index in [0.717, 1.165) is 12.8 Å². The van der Waals surface area contributed by atoms with Crippen LogP contribution in [0, 0.1) is 5.92 Å². The molecule has 0 N–H and O–H groups in total. The van der Waals surface area contributed by atoms with Crippen molar-refractivity contribution in [2.75, 3.05) is 0 Å². The van der Waals surface area contributed by atoms with Gasteiger partial charge in [0.2, 0.25) is 6.08 Å². The summed E-state index contributed by atoms with van der Waals surface area (Å²) in [4.78, 5) is 25.5. The molecule has 2 saturated carbocycles. The number of nitrogens with zero attached hydrogens (tertiary/aromatic N) is 1.